The first-order valence-corrected chi connectivity index (χ1v) is 7.59. The molecule has 0 aliphatic carbocycles. The van der Waals surface area contributed by atoms with Crippen LogP contribution in [0.4, 0.5) is 13.2 Å². The third-order valence-electron chi connectivity index (χ3n) is 2.09. The lowest BCUT2D eigenvalue weighted by Gasteiger charge is -2.18. The number of benzene rings is 1. The zero-order valence-electron chi connectivity index (χ0n) is 12.3. The highest BCUT2D eigenvalue weighted by Crippen LogP contribution is 2.14. The van der Waals surface area contributed by atoms with Crippen LogP contribution in [-0.4, -0.2) is 32.2 Å². The summed E-state index contributed by atoms with van der Waals surface area (Å²) >= 11 is 0. The Balaban J connectivity index is 0.000000534. The molecule has 0 saturated carbocycles. The largest absolute Gasteiger partial charge is 0.490 e. The molecule has 22 heavy (non-hydrogen) atoms. The highest BCUT2D eigenvalue weighted by Gasteiger charge is 2.38. The van der Waals surface area contributed by atoms with Crippen molar-refractivity contribution in [3.8, 4) is 0 Å². The molecule has 1 aromatic carbocycles. The molecule has 126 valence electrons. The van der Waals surface area contributed by atoms with E-state index in [4.69, 9.17) is 9.90 Å². The average molecular weight is 341 g/mol. The minimum absolute atomic E-state index is 0.0537. The Morgan fingerprint density at radius 1 is 1.14 bits per heavy atom. The number of hydrogen-bond acceptors (Lipinski definition) is 3. The molecule has 0 aromatic heterocycles. The molecular formula is C13H18F3NO4S. The first kappa shape index (κ1) is 20.4. The van der Waals surface area contributed by atoms with E-state index in [-0.39, 0.29) is 5.41 Å². The summed E-state index contributed by atoms with van der Waals surface area (Å²) in [4.78, 5) is 9.21. The summed E-state index contributed by atoms with van der Waals surface area (Å²) in [7, 11) is -3.34. The fraction of sp³-hybridized carbons (Fsp3) is 0.462. The monoisotopic (exact) mass is 341 g/mol. The smallest absolute Gasteiger partial charge is 0.475 e. The van der Waals surface area contributed by atoms with E-state index in [1.165, 1.54) is 0 Å². The van der Waals surface area contributed by atoms with Crippen molar-refractivity contribution >= 4 is 16.0 Å². The number of aliphatic carboxylic acids is 1. The van der Waals surface area contributed by atoms with Gasteiger partial charge in [0, 0.05) is 6.54 Å². The molecule has 1 aromatic rings. The van der Waals surface area contributed by atoms with Crippen molar-refractivity contribution in [3.63, 3.8) is 0 Å². The lowest BCUT2D eigenvalue weighted by Crippen LogP contribution is -2.32. The maximum atomic E-state index is 11.8. The van der Waals surface area contributed by atoms with E-state index >= 15 is 0 Å². The molecule has 0 saturated heterocycles. The molecule has 0 amide bonds. The number of hydrogen-bond donors (Lipinski definition) is 2. The lowest BCUT2D eigenvalue weighted by molar-refractivity contribution is -0.192. The Kier molecular flexibility index (Phi) is 7.04. The molecule has 5 nitrogen and oxygen atoms in total. The van der Waals surface area contributed by atoms with Crippen molar-refractivity contribution in [1.29, 1.82) is 0 Å². The number of rotatable bonds is 3. The van der Waals surface area contributed by atoms with Crippen LogP contribution >= 0.6 is 0 Å². The van der Waals surface area contributed by atoms with Crippen LogP contribution in [0.5, 0.6) is 0 Å². The van der Waals surface area contributed by atoms with Crippen molar-refractivity contribution < 1.29 is 31.5 Å². The number of carbonyl (C=O) groups is 1. The number of sulfonamides is 1. The molecule has 0 aliphatic rings. The number of carboxylic acid groups (broad SMARTS) is 1. The second kappa shape index (κ2) is 7.59. The molecule has 0 fully saturated rings. The van der Waals surface area contributed by atoms with Crippen LogP contribution in [0.2, 0.25) is 0 Å². The van der Waals surface area contributed by atoms with Gasteiger partial charge in [-0.1, -0.05) is 39.0 Å². The van der Waals surface area contributed by atoms with Crippen LogP contribution in [0.3, 0.4) is 0 Å². The summed E-state index contributed by atoms with van der Waals surface area (Å²) < 4.78 is 57.9. The first-order valence-electron chi connectivity index (χ1n) is 6.10. The van der Waals surface area contributed by atoms with E-state index in [2.05, 4.69) is 4.72 Å². The van der Waals surface area contributed by atoms with Crippen molar-refractivity contribution in [3.05, 3.63) is 30.3 Å². The molecule has 0 spiro atoms. The van der Waals surface area contributed by atoms with E-state index in [9.17, 15) is 21.6 Å². The van der Waals surface area contributed by atoms with Gasteiger partial charge in [-0.25, -0.2) is 17.9 Å². The van der Waals surface area contributed by atoms with Gasteiger partial charge in [-0.2, -0.15) is 13.2 Å². The molecule has 0 unspecified atom stereocenters. The number of halogens is 3. The number of carboxylic acids is 1. The van der Waals surface area contributed by atoms with Gasteiger partial charge in [-0.15, -0.1) is 0 Å². The summed E-state index contributed by atoms with van der Waals surface area (Å²) in [5.74, 6) is -2.76. The average Bonchev–Trinajstić information content (AvgIpc) is 2.36. The molecule has 0 heterocycles. The van der Waals surface area contributed by atoms with E-state index in [0.29, 0.717) is 11.4 Å². The van der Waals surface area contributed by atoms with Crippen LogP contribution in [-0.2, 0) is 14.8 Å². The van der Waals surface area contributed by atoms with Crippen molar-refractivity contribution in [2.24, 2.45) is 5.41 Å². The van der Waals surface area contributed by atoms with Gasteiger partial charge >= 0.3 is 12.1 Å². The molecule has 1 rings (SSSR count). The summed E-state index contributed by atoms with van der Waals surface area (Å²) in [6.45, 7) is 6.39. The molecular weight excluding hydrogens is 323 g/mol. The SMILES string of the molecule is CC(C)(C)CNS(=O)(=O)c1ccccc1.O=C(O)C(F)(F)F. The Morgan fingerprint density at radius 2 is 1.55 bits per heavy atom. The van der Waals surface area contributed by atoms with Crippen molar-refractivity contribution in [2.45, 2.75) is 31.8 Å². The van der Waals surface area contributed by atoms with Crippen LogP contribution in [0, 0.1) is 5.41 Å². The molecule has 0 bridgehead atoms. The molecule has 9 heteroatoms. The van der Waals surface area contributed by atoms with Crippen molar-refractivity contribution in [2.75, 3.05) is 6.54 Å². The van der Waals surface area contributed by atoms with Gasteiger partial charge in [0.05, 0.1) is 4.90 Å². The van der Waals surface area contributed by atoms with Gasteiger partial charge in [0.25, 0.3) is 0 Å². The van der Waals surface area contributed by atoms with Crippen LogP contribution in [0.25, 0.3) is 0 Å². The number of alkyl halides is 3. The van der Waals surface area contributed by atoms with Crippen LogP contribution in [0.1, 0.15) is 20.8 Å². The third kappa shape index (κ3) is 8.63. The lowest BCUT2D eigenvalue weighted by atomic mass is 9.98. The topological polar surface area (TPSA) is 83.5 Å². The predicted octanol–water partition coefficient (Wildman–Crippen LogP) is 2.64. The fourth-order valence-electron chi connectivity index (χ4n) is 0.994. The van der Waals surface area contributed by atoms with E-state index in [1.807, 2.05) is 20.8 Å². The van der Waals surface area contributed by atoms with Gasteiger partial charge in [0.1, 0.15) is 0 Å². The minimum Gasteiger partial charge on any atom is -0.475 e. The zero-order chi connectivity index (χ0) is 17.6. The number of nitrogens with one attached hydrogen (secondary N) is 1. The van der Waals surface area contributed by atoms with Gasteiger partial charge in [0.2, 0.25) is 10.0 Å². The van der Waals surface area contributed by atoms with Gasteiger partial charge < -0.3 is 5.11 Å². The van der Waals surface area contributed by atoms with Gasteiger partial charge in [-0.05, 0) is 17.5 Å². The Bertz CT molecular complexity index is 578. The van der Waals surface area contributed by atoms with Crippen LogP contribution in [0.15, 0.2) is 35.2 Å². The maximum Gasteiger partial charge on any atom is 0.490 e. The highest BCUT2D eigenvalue weighted by atomic mass is 32.2. The van der Waals surface area contributed by atoms with E-state index in [1.54, 1.807) is 30.3 Å². The fourth-order valence-corrected chi connectivity index (χ4v) is 2.30. The minimum atomic E-state index is -5.08. The second-order valence-electron chi connectivity index (χ2n) is 5.50. The zero-order valence-corrected chi connectivity index (χ0v) is 13.1. The van der Waals surface area contributed by atoms with Crippen molar-refractivity contribution in [1.82, 2.24) is 4.72 Å². The summed E-state index contributed by atoms with van der Waals surface area (Å²) in [5.41, 5.74) is -0.0537. The summed E-state index contributed by atoms with van der Waals surface area (Å²) in [6, 6.07) is 8.40. The Morgan fingerprint density at radius 3 is 1.86 bits per heavy atom. The molecule has 0 aliphatic heterocycles. The Labute approximate surface area is 127 Å². The summed E-state index contributed by atoms with van der Waals surface area (Å²) in [6.07, 6.45) is -5.08. The van der Waals surface area contributed by atoms with Crippen LogP contribution < -0.4 is 4.72 Å². The molecule has 0 atom stereocenters. The highest BCUT2D eigenvalue weighted by molar-refractivity contribution is 7.89. The standard InChI is InChI=1S/C11H17NO2S.C2HF3O2/c1-11(2,3)9-12-15(13,14)10-7-5-4-6-8-10;3-2(4,5)1(6)7/h4-8,12H,9H2,1-3H3;(H,6,7). The molecule has 0 radical (unpaired) electrons. The Hall–Kier alpha value is -1.61. The summed E-state index contributed by atoms with van der Waals surface area (Å²) in [5, 5.41) is 7.12. The molecule has 2 N–H and O–H groups in total. The van der Waals surface area contributed by atoms with E-state index < -0.39 is 22.2 Å². The normalized spacial score (nSPS) is 12.3. The van der Waals surface area contributed by atoms with E-state index in [0.717, 1.165) is 0 Å². The second-order valence-corrected chi connectivity index (χ2v) is 7.27. The third-order valence-corrected chi connectivity index (χ3v) is 3.51. The quantitative estimate of drug-likeness (QED) is 0.885. The first-order chi connectivity index (χ1) is 9.76. The maximum absolute atomic E-state index is 11.8. The van der Waals surface area contributed by atoms with Gasteiger partial charge in [0.15, 0.2) is 0 Å². The predicted molar refractivity (Wildman–Crippen MR) is 74.8 cm³/mol. The van der Waals surface area contributed by atoms with Gasteiger partial charge in [-0.3, -0.25) is 0 Å².